The summed E-state index contributed by atoms with van der Waals surface area (Å²) in [5.74, 6) is -2.06. The summed E-state index contributed by atoms with van der Waals surface area (Å²) in [7, 11) is -4.12. The van der Waals surface area contributed by atoms with Crippen molar-refractivity contribution < 1.29 is 27.9 Å². The van der Waals surface area contributed by atoms with Crippen LogP contribution in [0.15, 0.2) is 0 Å². The van der Waals surface area contributed by atoms with Crippen molar-refractivity contribution >= 4 is 22.3 Å². The first-order valence-corrected chi connectivity index (χ1v) is 6.37. The van der Waals surface area contributed by atoms with E-state index in [1.54, 1.807) is 4.72 Å². The summed E-state index contributed by atoms with van der Waals surface area (Å²) in [5, 5.41) is 8.67. The predicted octanol–water partition coefficient (Wildman–Crippen LogP) is -0.324. The van der Waals surface area contributed by atoms with Gasteiger partial charge in [-0.3, -0.25) is 4.79 Å². The third-order valence-corrected chi connectivity index (χ3v) is 3.09. The van der Waals surface area contributed by atoms with E-state index in [0.717, 1.165) is 0 Å². The van der Waals surface area contributed by atoms with E-state index in [1.165, 1.54) is 20.8 Å². The Labute approximate surface area is 99.5 Å². The van der Waals surface area contributed by atoms with Crippen molar-refractivity contribution in [3.63, 3.8) is 0 Å². The highest BCUT2D eigenvalue weighted by molar-refractivity contribution is 7.88. The fraction of sp³-hybridized carbons (Fsp3) is 0.750. The topological polar surface area (TPSA) is 122 Å². The second-order valence-electron chi connectivity index (χ2n) is 3.36. The summed E-state index contributed by atoms with van der Waals surface area (Å²) in [6.07, 6.45) is -1.12. The Morgan fingerprint density at radius 2 is 1.88 bits per heavy atom. The summed E-state index contributed by atoms with van der Waals surface area (Å²) in [6, 6.07) is -0.862. The molecular weight excluding hydrogens is 252 g/mol. The summed E-state index contributed by atoms with van der Waals surface area (Å²) in [4.78, 5) is 21.5. The molecule has 100 valence electrons. The third-order valence-electron chi connectivity index (χ3n) is 1.97. The molecule has 0 aliphatic heterocycles. The van der Waals surface area contributed by atoms with Gasteiger partial charge < -0.3 is 9.84 Å². The molecule has 0 rings (SSSR count). The van der Waals surface area contributed by atoms with Crippen molar-refractivity contribution in [1.82, 2.24) is 9.44 Å². The molecule has 8 nitrogen and oxygen atoms in total. The molecule has 0 aromatic heterocycles. The van der Waals surface area contributed by atoms with Crippen LogP contribution < -0.4 is 9.44 Å². The summed E-state index contributed by atoms with van der Waals surface area (Å²) in [6.45, 7) is 4.28. The van der Waals surface area contributed by atoms with E-state index in [4.69, 9.17) is 5.11 Å². The zero-order chi connectivity index (χ0) is 13.6. The van der Waals surface area contributed by atoms with Gasteiger partial charge in [-0.25, -0.2) is 9.52 Å². The van der Waals surface area contributed by atoms with Gasteiger partial charge in [-0.2, -0.15) is 13.1 Å². The van der Waals surface area contributed by atoms with E-state index >= 15 is 0 Å². The molecule has 2 atom stereocenters. The molecule has 0 aromatic rings. The van der Waals surface area contributed by atoms with Gasteiger partial charge in [0.05, 0.1) is 12.5 Å². The normalized spacial score (nSPS) is 14.8. The quantitative estimate of drug-likeness (QED) is 0.606. The Morgan fingerprint density at radius 3 is 2.29 bits per heavy atom. The Hall–Kier alpha value is -1.35. The van der Waals surface area contributed by atoms with E-state index in [0.29, 0.717) is 0 Å². The lowest BCUT2D eigenvalue weighted by Gasteiger charge is -2.17. The second-order valence-corrected chi connectivity index (χ2v) is 4.81. The first kappa shape index (κ1) is 15.7. The molecule has 2 unspecified atom stereocenters. The highest BCUT2D eigenvalue weighted by Gasteiger charge is 2.25. The van der Waals surface area contributed by atoms with Gasteiger partial charge in [0.25, 0.3) is 0 Å². The summed E-state index contributed by atoms with van der Waals surface area (Å²) < 4.78 is 30.7. The standard InChI is InChI=1S/C8H16N2O6S/c1-4-16-8(13)10-17(14,15)9-6(3)5(2)7(11)12/h5-6,9H,4H2,1-3H3,(H,10,13)(H,11,12). The van der Waals surface area contributed by atoms with Gasteiger partial charge in [0.1, 0.15) is 0 Å². The van der Waals surface area contributed by atoms with Gasteiger partial charge in [0.2, 0.25) is 0 Å². The fourth-order valence-electron chi connectivity index (χ4n) is 0.860. The molecule has 0 heterocycles. The van der Waals surface area contributed by atoms with Gasteiger partial charge in [-0.05, 0) is 13.8 Å². The molecule has 0 aromatic carbocycles. The number of ether oxygens (including phenoxy) is 1. The lowest BCUT2D eigenvalue weighted by Crippen LogP contribution is -2.47. The summed E-state index contributed by atoms with van der Waals surface area (Å²) >= 11 is 0. The number of hydrogen-bond donors (Lipinski definition) is 3. The van der Waals surface area contributed by atoms with Crippen LogP contribution >= 0.6 is 0 Å². The van der Waals surface area contributed by atoms with Gasteiger partial charge in [-0.15, -0.1) is 0 Å². The number of nitrogens with one attached hydrogen (secondary N) is 2. The molecule has 0 saturated heterocycles. The van der Waals surface area contributed by atoms with Crippen molar-refractivity contribution in [2.45, 2.75) is 26.8 Å². The number of carboxylic acid groups (broad SMARTS) is 1. The monoisotopic (exact) mass is 268 g/mol. The predicted molar refractivity (Wildman–Crippen MR) is 58.5 cm³/mol. The van der Waals surface area contributed by atoms with Crippen molar-refractivity contribution in [3.8, 4) is 0 Å². The lowest BCUT2D eigenvalue weighted by atomic mass is 10.1. The molecule has 3 N–H and O–H groups in total. The van der Waals surface area contributed by atoms with Crippen molar-refractivity contribution in [3.05, 3.63) is 0 Å². The van der Waals surface area contributed by atoms with Gasteiger partial charge in [-0.1, -0.05) is 6.92 Å². The fourth-order valence-corrected chi connectivity index (χ4v) is 1.89. The smallest absolute Gasteiger partial charge is 0.421 e. The molecule has 0 saturated carbocycles. The molecule has 9 heteroatoms. The van der Waals surface area contributed by atoms with Gasteiger partial charge in [0, 0.05) is 6.04 Å². The van der Waals surface area contributed by atoms with Crippen molar-refractivity contribution in [2.75, 3.05) is 6.61 Å². The van der Waals surface area contributed by atoms with Crippen molar-refractivity contribution in [2.24, 2.45) is 5.92 Å². The van der Waals surface area contributed by atoms with Gasteiger partial charge in [0.15, 0.2) is 0 Å². The van der Waals surface area contributed by atoms with Crippen molar-refractivity contribution in [1.29, 1.82) is 0 Å². The largest absolute Gasteiger partial charge is 0.481 e. The molecule has 0 radical (unpaired) electrons. The molecule has 1 amide bonds. The molecule has 0 spiro atoms. The van der Waals surface area contributed by atoms with Crippen LogP contribution in [0.1, 0.15) is 20.8 Å². The zero-order valence-corrected chi connectivity index (χ0v) is 10.6. The van der Waals surface area contributed by atoms with Crippen LogP contribution in [-0.4, -0.2) is 38.2 Å². The maximum absolute atomic E-state index is 11.3. The van der Waals surface area contributed by atoms with Crippen LogP contribution in [0.4, 0.5) is 4.79 Å². The van der Waals surface area contributed by atoms with Crippen LogP contribution in [0.3, 0.4) is 0 Å². The minimum absolute atomic E-state index is 0.0302. The number of hydrogen-bond acceptors (Lipinski definition) is 5. The number of rotatable bonds is 6. The molecule has 0 bridgehead atoms. The number of carboxylic acids is 1. The average molecular weight is 268 g/mol. The van der Waals surface area contributed by atoms with Crippen LogP contribution in [0, 0.1) is 5.92 Å². The van der Waals surface area contributed by atoms with E-state index in [2.05, 4.69) is 4.74 Å². The van der Waals surface area contributed by atoms with Crippen LogP contribution in [0.5, 0.6) is 0 Å². The Morgan fingerprint density at radius 1 is 1.35 bits per heavy atom. The Bertz CT molecular complexity index is 379. The molecule has 17 heavy (non-hydrogen) atoms. The maximum Gasteiger partial charge on any atom is 0.421 e. The molecule has 0 aliphatic rings. The average Bonchev–Trinajstić information content (AvgIpc) is 2.14. The van der Waals surface area contributed by atoms with E-state index in [1.807, 2.05) is 4.72 Å². The third kappa shape index (κ3) is 6.07. The highest BCUT2D eigenvalue weighted by Crippen LogP contribution is 2.03. The first-order chi connectivity index (χ1) is 7.69. The number of carbonyl (C=O) groups is 2. The minimum atomic E-state index is -4.12. The highest BCUT2D eigenvalue weighted by atomic mass is 32.2. The minimum Gasteiger partial charge on any atom is -0.481 e. The number of carbonyl (C=O) groups excluding carboxylic acids is 1. The van der Waals surface area contributed by atoms with Gasteiger partial charge >= 0.3 is 22.3 Å². The van der Waals surface area contributed by atoms with E-state index in [9.17, 15) is 18.0 Å². The first-order valence-electron chi connectivity index (χ1n) is 4.89. The lowest BCUT2D eigenvalue weighted by molar-refractivity contribution is -0.141. The SMILES string of the molecule is CCOC(=O)NS(=O)(=O)NC(C)C(C)C(=O)O. The summed E-state index contributed by atoms with van der Waals surface area (Å²) in [5.41, 5.74) is 0. The maximum atomic E-state index is 11.3. The molecular formula is C8H16N2O6S. The Kier molecular flexibility index (Phi) is 5.89. The van der Waals surface area contributed by atoms with E-state index < -0.39 is 34.2 Å². The van der Waals surface area contributed by atoms with Crippen LogP contribution in [0.2, 0.25) is 0 Å². The zero-order valence-electron chi connectivity index (χ0n) is 9.76. The Balaban J connectivity index is 4.45. The van der Waals surface area contributed by atoms with Crippen LogP contribution in [0.25, 0.3) is 0 Å². The second kappa shape index (κ2) is 6.40. The number of aliphatic carboxylic acids is 1. The molecule has 0 fully saturated rings. The van der Waals surface area contributed by atoms with E-state index in [-0.39, 0.29) is 6.61 Å². The van der Waals surface area contributed by atoms with Crippen LogP contribution in [-0.2, 0) is 19.7 Å². The molecule has 0 aliphatic carbocycles. The number of amides is 1.